The van der Waals surface area contributed by atoms with Crippen molar-refractivity contribution in [3.63, 3.8) is 0 Å². The fourth-order valence-corrected chi connectivity index (χ4v) is 1.69. The molecule has 0 aliphatic rings. The van der Waals surface area contributed by atoms with E-state index in [4.69, 9.17) is 9.68 Å². The summed E-state index contributed by atoms with van der Waals surface area (Å²) in [6.07, 6.45) is 0. The molecule has 2 aromatic rings. The Morgan fingerprint density at radius 2 is 2.11 bits per heavy atom. The molecule has 0 fully saturated rings. The average molecular weight is 241 g/mol. The quantitative estimate of drug-likeness (QED) is 0.897. The number of rotatable bonds is 3. The fraction of sp³-hybridized carbons (Fsp3) is 0.286. The summed E-state index contributed by atoms with van der Waals surface area (Å²) < 4.78 is 5.48. The molecule has 4 heteroatoms. The Bertz CT molecular complexity index is 588. The van der Waals surface area contributed by atoms with E-state index in [9.17, 15) is 0 Å². The third kappa shape index (κ3) is 2.51. The Hall–Kier alpha value is -2.28. The van der Waals surface area contributed by atoms with E-state index in [2.05, 4.69) is 16.4 Å². The molecule has 92 valence electrons. The van der Waals surface area contributed by atoms with Gasteiger partial charge in [-0.1, -0.05) is 6.07 Å². The zero-order valence-corrected chi connectivity index (χ0v) is 10.7. The van der Waals surface area contributed by atoms with Gasteiger partial charge >= 0.3 is 0 Å². The van der Waals surface area contributed by atoms with Gasteiger partial charge < -0.3 is 9.73 Å². The topological polar surface area (TPSA) is 61.9 Å². The van der Waals surface area contributed by atoms with Gasteiger partial charge in [-0.2, -0.15) is 5.26 Å². The molecule has 1 heterocycles. The van der Waals surface area contributed by atoms with E-state index < -0.39 is 0 Å². The summed E-state index contributed by atoms with van der Waals surface area (Å²) in [5.74, 6) is 1.46. The lowest BCUT2D eigenvalue weighted by Crippen LogP contribution is -2.02. The van der Waals surface area contributed by atoms with Crippen molar-refractivity contribution in [3.8, 4) is 6.07 Å². The van der Waals surface area contributed by atoms with Gasteiger partial charge in [0.05, 0.1) is 23.5 Å². The normalized spacial score (nSPS) is 10.1. The van der Waals surface area contributed by atoms with Crippen LogP contribution in [0.3, 0.4) is 0 Å². The van der Waals surface area contributed by atoms with E-state index in [-0.39, 0.29) is 0 Å². The highest BCUT2D eigenvalue weighted by molar-refractivity contribution is 5.58. The van der Waals surface area contributed by atoms with Crippen LogP contribution < -0.4 is 5.32 Å². The number of hydrogen-bond donors (Lipinski definition) is 1. The van der Waals surface area contributed by atoms with Crippen LogP contribution in [0.4, 0.5) is 5.69 Å². The zero-order valence-electron chi connectivity index (χ0n) is 10.7. The predicted molar refractivity (Wildman–Crippen MR) is 69.2 cm³/mol. The van der Waals surface area contributed by atoms with Crippen LogP contribution in [0.15, 0.2) is 22.6 Å². The molecule has 0 saturated carbocycles. The molecule has 0 aliphatic carbocycles. The maximum absolute atomic E-state index is 9.03. The first-order valence-corrected chi connectivity index (χ1v) is 5.77. The highest BCUT2D eigenvalue weighted by atomic mass is 16.4. The minimum atomic E-state index is 0.479. The average Bonchev–Trinajstić information content (AvgIpc) is 2.66. The maximum Gasteiger partial charge on any atom is 0.213 e. The van der Waals surface area contributed by atoms with Crippen LogP contribution >= 0.6 is 0 Å². The standard InChI is InChI=1S/C14H15N3O/c1-9-4-5-12(7-15)13(6-9)16-8-14-17-10(2)11(3)18-14/h4-6,16H,8H2,1-3H3. The summed E-state index contributed by atoms with van der Waals surface area (Å²) in [7, 11) is 0. The van der Waals surface area contributed by atoms with E-state index >= 15 is 0 Å². The van der Waals surface area contributed by atoms with E-state index in [0.29, 0.717) is 18.0 Å². The Morgan fingerprint density at radius 1 is 1.33 bits per heavy atom. The van der Waals surface area contributed by atoms with Gasteiger partial charge in [0.25, 0.3) is 0 Å². The first-order valence-electron chi connectivity index (χ1n) is 5.77. The molecule has 1 aromatic heterocycles. The molecule has 1 N–H and O–H groups in total. The van der Waals surface area contributed by atoms with Crippen molar-refractivity contribution >= 4 is 5.69 Å². The molecule has 0 bridgehead atoms. The van der Waals surface area contributed by atoms with Crippen molar-refractivity contribution in [2.75, 3.05) is 5.32 Å². The van der Waals surface area contributed by atoms with E-state index in [0.717, 1.165) is 22.7 Å². The number of hydrogen-bond acceptors (Lipinski definition) is 4. The van der Waals surface area contributed by atoms with E-state index in [1.165, 1.54) is 0 Å². The van der Waals surface area contributed by atoms with Gasteiger partial charge in [0.1, 0.15) is 11.8 Å². The highest BCUT2D eigenvalue weighted by Crippen LogP contribution is 2.18. The molecular weight excluding hydrogens is 226 g/mol. The molecule has 4 nitrogen and oxygen atoms in total. The summed E-state index contributed by atoms with van der Waals surface area (Å²) in [4.78, 5) is 4.29. The number of benzene rings is 1. The lowest BCUT2D eigenvalue weighted by atomic mass is 10.1. The molecule has 2 rings (SSSR count). The second kappa shape index (κ2) is 4.92. The van der Waals surface area contributed by atoms with Gasteiger partial charge in [0.15, 0.2) is 0 Å². The summed E-state index contributed by atoms with van der Waals surface area (Å²) in [6.45, 7) is 6.27. The molecule has 0 unspecified atom stereocenters. The largest absolute Gasteiger partial charge is 0.444 e. The zero-order chi connectivity index (χ0) is 13.1. The Kier molecular flexibility index (Phi) is 3.33. The smallest absolute Gasteiger partial charge is 0.213 e. The lowest BCUT2D eigenvalue weighted by Gasteiger charge is -2.06. The Balaban J connectivity index is 2.15. The molecule has 0 aliphatic heterocycles. The van der Waals surface area contributed by atoms with Crippen LogP contribution in [0.1, 0.15) is 28.5 Å². The number of anilines is 1. The molecule has 0 spiro atoms. The van der Waals surface area contributed by atoms with Crippen molar-refractivity contribution in [2.45, 2.75) is 27.3 Å². The maximum atomic E-state index is 9.03. The van der Waals surface area contributed by atoms with Crippen molar-refractivity contribution in [1.82, 2.24) is 4.98 Å². The summed E-state index contributed by atoms with van der Waals surface area (Å²) in [6, 6.07) is 7.84. The molecular formula is C14H15N3O. The molecule has 1 aromatic carbocycles. The fourth-order valence-electron chi connectivity index (χ4n) is 1.69. The molecule has 0 radical (unpaired) electrons. The number of oxazole rings is 1. The monoisotopic (exact) mass is 241 g/mol. The molecule has 18 heavy (non-hydrogen) atoms. The van der Waals surface area contributed by atoms with Crippen molar-refractivity contribution < 1.29 is 4.42 Å². The van der Waals surface area contributed by atoms with Gasteiger partial charge in [0, 0.05) is 0 Å². The van der Waals surface area contributed by atoms with Crippen LogP contribution in [-0.2, 0) is 6.54 Å². The second-order valence-electron chi connectivity index (χ2n) is 4.26. The lowest BCUT2D eigenvalue weighted by molar-refractivity contribution is 0.478. The van der Waals surface area contributed by atoms with Crippen LogP contribution in [0, 0.1) is 32.1 Å². The Morgan fingerprint density at radius 3 is 2.72 bits per heavy atom. The Labute approximate surface area is 106 Å². The van der Waals surface area contributed by atoms with Crippen LogP contribution in [0.2, 0.25) is 0 Å². The summed E-state index contributed by atoms with van der Waals surface area (Å²) in [5, 5.41) is 12.2. The number of aryl methyl sites for hydroxylation is 3. The number of aromatic nitrogens is 1. The minimum absolute atomic E-state index is 0.479. The van der Waals surface area contributed by atoms with Gasteiger partial charge in [-0.3, -0.25) is 0 Å². The third-order valence-corrected chi connectivity index (χ3v) is 2.80. The molecule has 0 amide bonds. The van der Waals surface area contributed by atoms with E-state index in [1.807, 2.05) is 39.0 Å². The molecule has 0 saturated heterocycles. The minimum Gasteiger partial charge on any atom is -0.444 e. The number of nitrogens with zero attached hydrogens (tertiary/aromatic N) is 2. The number of nitrogens with one attached hydrogen (secondary N) is 1. The van der Waals surface area contributed by atoms with E-state index in [1.54, 1.807) is 0 Å². The third-order valence-electron chi connectivity index (χ3n) is 2.80. The first-order chi connectivity index (χ1) is 8.60. The molecule has 0 atom stereocenters. The number of nitriles is 1. The van der Waals surface area contributed by atoms with Gasteiger partial charge in [-0.25, -0.2) is 4.98 Å². The van der Waals surface area contributed by atoms with Crippen molar-refractivity contribution in [1.29, 1.82) is 5.26 Å². The van der Waals surface area contributed by atoms with Gasteiger partial charge in [0.2, 0.25) is 5.89 Å². The highest BCUT2D eigenvalue weighted by Gasteiger charge is 2.07. The second-order valence-corrected chi connectivity index (χ2v) is 4.26. The summed E-state index contributed by atoms with van der Waals surface area (Å²) >= 11 is 0. The SMILES string of the molecule is Cc1ccc(C#N)c(NCc2nc(C)c(C)o2)c1. The van der Waals surface area contributed by atoms with Gasteiger partial charge in [-0.05, 0) is 38.5 Å². The summed E-state index contributed by atoms with van der Waals surface area (Å²) in [5.41, 5.74) is 3.44. The van der Waals surface area contributed by atoms with Gasteiger partial charge in [-0.15, -0.1) is 0 Å². The van der Waals surface area contributed by atoms with Crippen LogP contribution in [0.5, 0.6) is 0 Å². The van der Waals surface area contributed by atoms with Crippen LogP contribution in [0.25, 0.3) is 0 Å². The van der Waals surface area contributed by atoms with Crippen molar-refractivity contribution in [3.05, 3.63) is 46.7 Å². The first kappa shape index (κ1) is 12.2. The van der Waals surface area contributed by atoms with Crippen LogP contribution in [-0.4, -0.2) is 4.98 Å². The van der Waals surface area contributed by atoms with Crippen molar-refractivity contribution in [2.24, 2.45) is 0 Å². The predicted octanol–water partition coefficient (Wildman–Crippen LogP) is 3.08.